The average Bonchev–Trinajstić information content (AvgIpc) is 2.93. The molecule has 0 aliphatic rings. The quantitative estimate of drug-likeness (QED) is 0.461. The van der Waals surface area contributed by atoms with E-state index in [9.17, 15) is 14.0 Å². The molecule has 3 heterocycles. The largest absolute Gasteiger partial charge is 0.319 e. The number of amides is 2. The zero-order chi connectivity index (χ0) is 16.4. The number of aromatic amines is 1. The summed E-state index contributed by atoms with van der Waals surface area (Å²) in [5.41, 5.74) is 0.0670. The Kier molecular flexibility index (Phi) is 3.76. The van der Waals surface area contributed by atoms with E-state index in [4.69, 9.17) is 11.6 Å². The highest BCUT2D eigenvalue weighted by Crippen LogP contribution is 2.25. The third-order valence-corrected chi connectivity index (χ3v) is 2.85. The van der Waals surface area contributed by atoms with Gasteiger partial charge in [0.15, 0.2) is 23.1 Å². The lowest BCUT2D eigenvalue weighted by Crippen LogP contribution is -2.03. The fourth-order valence-corrected chi connectivity index (χ4v) is 1.92. The molecule has 116 valence electrons. The molecular weight excluding hydrogens is 331 g/mol. The first kappa shape index (κ1) is 14.7. The standard InChI is InChI=1S/C11H6ClFN8O2/c12-10-14-1-4(13)5(17-10)8-19-7(15-2-22)6-9(20-8)21-11(18-6)16-3-23/h1-3H,(H3,15,16,18,19,20,21,22,23). The third-order valence-electron chi connectivity index (χ3n) is 2.67. The van der Waals surface area contributed by atoms with Gasteiger partial charge in [0, 0.05) is 0 Å². The topological polar surface area (TPSA) is 138 Å². The molecule has 0 saturated heterocycles. The molecule has 0 saturated carbocycles. The van der Waals surface area contributed by atoms with Crippen LogP contribution in [0, 0.1) is 5.82 Å². The van der Waals surface area contributed by atoms with Gasteiger partial charge in [0.2, 0.25) is 24.1 Å². The maximum Gasteiger partial charge on any atom is 0.223 e. The summed E-state index contributed by atoms with van der Waals surface area (Å²) in [6, 6.07) is 0. The number of nitrogens with zero attached hydrogens (tertiary/aromatic N) is 5. The van der Waals surface area contributed by atoms with Gasteiger partial charge in [-0.25, -0.2) is 24.3 Å². The van der Waals surface area contributed by atoms with Crippen molar-refractivity contribution in [3.8, 4) is 11.5 Å². The molecule has 0 atom stereocenters. The minimum absolute atomic E-state index is 0.0283. The number of carbonyl (C=O) groups excluding carboxylic acids is 2. The van der Waals surface area contributed by atoms with Crippen LogP contribution in [0.1, 0.15) is 0 Å². The first-order valence-electron chi connectivity index (χ1n) is 5.99. The molecule has 12 heteroatoms. The minimum atomic E-state index is -0.799. The van der Waals surface area contributed by atoms with E-state index in [2.05, 4.69) is 40.5 Å². The van der Waals surface area contributed by atoms with Crippen LogP contribution in [0.4, 0.5) is 16.2 Å². The van der Waals surface area contributed by atoms with E-state index >= 15 is 0 Å². The summed E-state index contributed by atoms with van der Waals surface area (Å²) in [5.74, 6) is -0.849. The highest BCUT2D eigenvalue weighted by atomic mass is 35.5. The summed E-state index contributed by atoms with van der Waals surface area (Å²) in [6.07, 6.45) is 1.65. The number of anilines is 2. The van der Waals surface area contributed by atoms with Crippen molar-refractivity contribution in [3.05, 3.63) is 17.3 Å². The highest BCUT2D eigenvalue weighted by Gasteiger charge is 2.17. The zero-order valence-corrected chi connectivity index (χ0v) is 11.8. The smallest absolute Gasteiger partial charge is 0.223 e. The van der Waals surface area contributed by atoms with Crippen LogP contribution in [-0.4, -0.2) is 42.7 Å². The van der Waals surface area contributed by atoms with Gasteiger partial charge in [0.25, 0.3) is 0 Å². The number of fused-ring (bicyclic) bond motifs is 1. The van der Waals surface area contributed by atoms with Gasteiger partial charge in [-0.2, -0.15) is 4.98 Å². The Morgan fingerprint density at radius 1 is 1.13 bits per heavy atom. The van der Waals surface area contributed by atoms with E-state index in [1.165, 1.54) is 0 Å². The Labute approximate surface area is 131 Å². The van der Waals surface area contributed by atoms with E-state index in [-0.39, 0.29) is 39.7 Å². The molecule has 3 N–H and O–H groups in total. The molecule has 0 aliphatic carbocycles. The van der Waals surface area contributed by atoms with E-state index in [1.807, 2.05) is 0 Å². The first-order valence-corrected chi connectivity index (χ1v) is 6.36. The van der Waals surface area contributed by atoms with Gasteiger partial charge in [-0.15, -0.1) is 0 Å². The molecule has 0 aliphatic heterocycles. The molecular formula is C11H6ClFN8O2. The summed E-state index contributed by atoms with van der Waals surface area (Å²) in [4.78, 5) is 43.1. The molecule has 0 radical (unpaired) electrons. The SMILES string of the molecule is O=CNc1nc2nc(-c3nc(Cl)ncc3F)nc(NC=O)c2[nH]1. The van der Waals surface area contributed by atoms with Crippen molar-refractivity contribution in [2.75, 3.05) is 10.6 Å². The van der Waals surface area contributed by atoms with Gasteiger partial charge in [-0.1, -0.05) is 0 Å². The van der Waals surface area contributed by atoms with Gasteiger partial charge in [0.1, 0.15) is 11.2 Å². The lowest BCUT2D eigenvalue weighted by atomic mass is 10.3. The van der Waals surface area contributed by atoms with E-state index in [0.717, 1.165) is 6.20 Å². The Bertz CT molecular complexity index is 914. The fraction of sp³-hybridized carbons (Fsp3) is 0. The fourth-order valence-electron chi connectivity index (χ4n) is 1.79. The van der Waals surface area contributed by atoms with Crippen LogP contribution in [-0.2, 0) is 9.59 Å². The Balaban J connectivity index is 2.23. The molecule has 0 aromatic carbocycles. The summed E-state index contributed by atoms with van der Waals surface area (Å²) in [5, 5.41) is 4.43. The normalized spacial score (nSPS) is 10.5. The summed E-state index contributed by atoms with van der Waals surface area (Å²) in [6.45, 7) is 0. The number of rotatable bonds is 5. The molecule has 0 fully saturated rings. The lowest BCUT2D eigenvalue weighted by Gasteiger charge is -2.04. The van der Waals surface area contributed by atoms with Crippen molar-refractivity contribution in [2.45, 2.75) is 0 Å². The summed E-state index contributed by atoms with van der Waals surface area (Å²) >= 11 is 5.64. The molecule has 0 bridgehead atoms. The lowest BCUT2D eigenvalue weighted by molar-refractivity contribution is -0.106. The van der Waals surface area contributed by atoms with Crippen molar-refractivity contribution >= 4 is 47.4 Å². The van der Waals surface area contributed by atoms with Gasteiger partial charge < -0.3 is 10.3 Å². The van der Waals surface area contributed by atoms with Crippen LogP contribution in [0.5, 0.6) is 0 Å². The van der Waals surface area contributed by atoms with Crippen molar-refractivity contribution in [3.63, 3.8) is 0 Å². The van der Waals surface area contributed by atoms with Crippen molar-refractivity contribution in [1.29, 1.82) is 0 Å². The predicted octanol–water partition coefficient (Wildman–Crippen LogP) is 0.739. The van der Waals surface area contributed by atoms with Crippen molar-refractivity contribution < 1.29 is 14.0 Å². The second-order valence-corrected chi connectivity index (χ2v) is 4.38. The molecule has 2 amide bonds. The molecule has 23 heavy (non-hydrogen) atoms. The number of halogens is 2. The summed E-state index contributed by atoms with van der Waals surface area (Å²) in [7, 11) is 0. The molecule has 3 aromatic rings. The molecule has 0 unspecified atom stereocenters. The number of hydrogen-bond acceptors (Lipinski definition) is 7. The number of nitrogens with one attached hydrogen (secondary N) is 3. The van der Waals surface area contributed by atoms with E-state index < -0.39 is 5.82 Å². The second-order valence-electron chi connectivity index (χ2n) is 4.04. The monoisotopic (exact) mass is 336 g/mol. The number of carbonyl (C=O) groups is 2. The van der Waals surface area contributed by atoms with E-state index in [1.54, 1.807) is 0 Å². The Hall–Kier alpha value is -3.21. The minimum Gasteiger partial charge on any atom is -0.319 e. The van der Waals surface area contributed by atoms with Crippen LogP contribution in [0.3, 0.4) is 0 Å². The predicted molar refractivity (Wildman–Crippen MR) is 77.1 cm³/mol. The number of aromatic nitrogens is 6. The molecule has 3 aromatic heterocycles. The van der Waals surface area contributed by atoms with Crippen LogP contribution >= 0.6 is 11.6 Å². The Morgan fingerprint density at radius 2 is 1.91 bits per heavy atom. The maximum atomic E-state index is 13.9. The highest BCUT2D eigenvalue weighted by molar-refractivity contribution is 6.28. The second kappa shape index (κ2) is 5.88. The van der Waals surface area contributed by atoms with Gasteiger partial charge >= 0.3 is 0 Å². The van der Waals surface area contributed by atoms with Crippen LogP contribution in [0.25, 0.3) is 22.7 Å². The van der Waals surface area contributed by atoms with Crippen LogP contribution in [0.2, 0.25) is 5.28 Å². The molecule has 0 spiro atoms. The molecule has 3 rings (SSSR count). The van der Waals surface area contributed by atoms with E-state index in [0.29, 0.717) is 12.8 Å². The van der Waals surface area contributed by atoms with Crippen LogP contribution < -0.4 is 10.6 Å². The van der Waals surface area contributed by atoms with Gasteiger partial charge in [-0.3, -0.25) is 14.9 Å². The third kappa shape index (κ3) is 2.76. The average molecular weight is 337 g/mol. The number of H-pyrrole nitrogens is 1. The van der Waals surface area contributed by atoms with Gasteiger partial charge in [-0.05, 0) is 11.6 Å². The van der Waals surface area contributed by atoms with Crippen molar-refractivity contribution in [1.82, 2.24) is 29.9 Å². The number of imidazole rings is 1. The summed E-state index contributed by atoms with van der Waals surface area (Å²) < 4.78 is 13.9. The maximum absolute atomic E-state index is 13.9. The molecule has 10 nitrogen and oxygen atoms in total. The van der Waals surface area contributed by atoms with Crippen LogP contribution in [0.15, 0.2) is 6.20 Å². The zero-order valence-electron chi connectivity index (χ0n) is 11.0. The van der Waals surface area contributed by atoms with Gasteiger partial charge in [0.05, 0.1) is 6.20 Å². The van der Waals surface area contributed by atoms with Crippen molar-refractivity contribution in [2.24, 2.45) is 0 Å². The first-order chi connectivity index (χ1) is 11.1. The number of hydrogen-bond donors (Lipinski definition) is 3. The Morgan fingerprint density at radius 3 is 2.65 bits per heavy atom.